The first-order chi connectivity index (χ1) is 13.6. The third kappa shape index (κ3) is 4.20. The van der Waals surface area contributed by atoms with Crippen LogP contribution >= 0.6 is 12.4 Å². The average molecular weight is 409 g/mol. The van der Waals surface area contributed by atoms with Crippen LogP contribution in [0.1, 0.15) is 5.69 Å². The van der Waals surface area contributed by atoms with Gasteiger partial charge in [-0.2, -0.15) is 10.4 Å². The first kappa shape index (κ1) is 19.5. The number of halogens is 1. The summed E-state index contributed by atoms with van der Waals surface area (Å²) in [5, 5.41) is 30.1. The molecular weight excluding hydrogens is 396 g/mol. The molecule has 0 aliphatic rings. The number of amides is 2. The van der Waals surface area contributed by atoms with Gasteiger partial charge in [-0.15, -0.1) is 12.4 Å². The van der Waals surface area contributed by atoms with E-state index in [-0.39, 0.29) is 29.7 Å². The molecule has 11 heteroatoms. The fraction of sp³-hybridized carbons (Fsp3) is 0. The summed E-state index contributed by atoms with van der Waals surface area (Å²) in [4.78, 5) is 24.8. The maximum absolute atomic E-state index is 12.2. The number of nitriles is 1. The van der Waals surface area contributed by atoms with Crippen LogP contribution in [0.15, 0.2) is 48.8 Å². The number of benzene rings is 1. The molecule has 1 aromatic carbocycles. The number of fused-ring (bicyclic) bond motifs is 1. The predicted octanol–water partition coefficient (Wildman–Crippen LogP) is 3.06. The third-order valence-electron chi connectivity index (χ3n) is 3.80. The van der Waals surface area contributed by atoms with E-state index < -0.39 is 6.03 Å². The number of nitrogens with one attached hydrogen (secondary N) is 3. The topological polar surface area (TPSA) is 152 Å². The first-order valence-electron chi connectivity index (χ1n) is 8.07. The maximum atomic E-state index is 12.2. The molecule has 3 heterocycles. The maximum Gasteiger partial charge on any atom is 0.324 e. The van der Waals surface area contributed by atoms with Crippen molar-refractivity contribution in [3.05, 3.63) is 54.5 Å². The quantitative estimate of drug-likeness (QED) is 0.406. The number of phenolic OH excluding ortho intramolecular Hbond substituents is 1. The van der Waals surface area contributed by atoms with Gasteiger partial charge in [-0.05, 0) is 36.4 Å². The van der Waals surface area contributed by atoms with Gasteiger partial charge < -0.3 is 10.4 Å². The number of pyridine rings is 1. The highest BCUT2D eigenvalue weighted by Gasteiger charge is 2.13. The van der Waals surface area contributed by atoms with Crippen molar-refractivity contribution in [3.8, 4) is 23.1 Å². The number of carbonyl (C=O) groups excluding carboxylic acids is 1. The molecule has 3 aromatic heterocycles. The molecule has 0 aliphatic heterocycles. The summed E-state index contributed by atoms with van der Waals surface area (Å²) in [6.07, 6.45) is 2.94. The van der Waals surface area contributed by atoms with Gasteiger partial charge in [0.1, 0.15) is 17.5 Å². The molecule has 29 heavy (non-hydrogen) atoms. The summed E-state index contributed by atoms with van der Waals surface area (Å²) in [6.45, 7) is 0. The number of phenols is 1. The van der Waals surface area contributed by atoms with Crippen LogP contribution in [0.4, 0.5) is 16.3 Å². The largest absolute Gasteiger partial charge is 0.508 e. The number of aromatic nitrogens is 5. The number of rotatable bonds is 3. The number of H-pyrrole nitrogens is 1. The molecule has 10 nitrogen and oxygen atoms in total. The first-order valence-corrected chi connectivity index (χ1v) is 8.07. The number of anilines is 2. The van der Waals surface area contributed by atoms with Gasteiger partial charge in [0, 0.05) is 5.56 Å². The highest BCUT2D eigenvalue weighted by atomic mass is 35.5. The van der Waals surface area contributed by atoms with Gasteiger partial charge in [0.05, 0.1) is 23.8 Å². The van der Waals surface area contributed by atoms with Crippen molar-refractivity contribution in [3.63, 3.8) is 0 Å². The lowest BCUT2D eigenvalue weighted by atomic mass is 10.1. The van der Waals surface area contributed by atoms with Crippen molar-refractivity contribution in [1.29, 1.82) is 5.26 Å². The van der Waals surface area contributed by atoms with Crippen LogP contribution < -0.4 is 10.6 Å². The molecule has 4 N–H and O–H groups in total. The van der Waals surface area contributed by atoms with Gasteiger partial charge in [0.15, 0.2) is 11.3 Å². The Kier molecular flexibility index (Phi) is 5.52. The number of hydrogen-bond acceptors (Lipinski definition) is 7. The van der Waals surface area contributed by atoms with Crippen molar-refractivity contribution >= 4 is 41.1 Å². The number of aromatic hydroxyl groups is 1. The van der Waals surface area contributed by atoms with E-state index in [4.69, 9.17) is 5.26 Å². The van der Waals surface area contributed by atoms with Gasteiger partial charge >= 0.3 is 6.03 Å². The van der Waals surface area contributed by atoms with Crippen LogP contribution in [-0.2, 0) is 0 Å². The molecule has 0 saturated carbocycles. The van der Waals surface area contributed by atoms with E-state index >= 15 is 0 Å². The summed E-state index contributed by atoms with van der Waals surface area (Å²) in [5.41, 5.74) is 2.73. The molecule has 0 unspecified atom stereocenters. The molecule has 0 aliphatic carbocycles. The Balaban J connectivity index is 0.00000240. The summed E-state index contributed by atoms with van der Waals surface area (Å²) in [5.74, 6) is 0.430. The van der Waals surface area contributed by atoms with Crippen LogP contribution in [0, 0.1) is 11.3 Å². The summed E-state index contributed by atoms with van der Waals surface area (Å²) in [7, 11) is 0. The molecule has 2 amide bonds. The minimum Gasteiger partial charge on any atom is -0.508 e. The molecule has 0 fully saturated rings. The molecule has 0 spiro atoms. The SMILES string of the molecule is Cl.N#Cc1ccc(NC(=O)Nc2[nH]nc3ncc(-c4ccc(O)cc4)nc23)cn1. The Morgan fingerprint density at radius 1 is 1.07 bits per heavy atom. The van der Waals surface area contributed by atoms with Gasteiger partial charge in [-0.1, -0.05) is 0 Å². The van der Waals surface area contributed by atoms with Crippen molar-refractivity contribution in [1.82, 2.24) is 25.1 Å². The second kappa shape index (κ2) is 8.20. The summed E-state index contributed by atoms with van der Waals surface area (Å²) < 4.78 is 0. The lowest BCUT2D eigenvalue weighted by Crippen LogP contribution is -2.20. The highest BCUT2D eigenvalue weighted by Crippen LogP contribution is 2.23. The van der Waals surface area contributed by atoms with Crippen LogP contribution in [0.3, 0.4) is 0 Å². The number of hydrogen-bond donors (Lipinski definition) is 4. The molecule has 0 atom stereocenters. The zero-order chi connectivity index (χ0) is 19.5. The second-order valence-corrected chi connectivity index (χ2v) is 5.70. The minimum atomic E-state index is -0.533. The smallest absolute Gasteiger partial charge is 0.324 e. The number of nitrogens with zero attached hydrogens (tertiary/aromatic N) is 5. The van der Waals surface area contributed by atoms with E-state index in [2.05, 4.69) is 35.8 Å². The Morgan fingerprint density at radius 2 is 1.86 bits per heavy atom. The van der Waals surface area contributed by atoms with Crippen molar-refractivity contribution < 1.29 is 9.90 Å². The predicted molar refractivity (Wildman–Crippen MR) is 108 cm³/mol. The molecule has 0 saturated heterocycles. The van der Waals surface area contributed by atoms with Crippen LogP contribution in [-0.4, -0.2) is 36.3 Å². The number of aromatic amines is 1. The summed E-state index contributed by atoms with van der Waals surface area (Å²) in [6, 6.07) is 11.0. The van der Waals surface area contributed by atoms with Crippen LogP contribution in [0.25, 0.3) is 22.4 Å². The van der Waals surface area contributed by atoms with Gasteiger partial charge in [0.25, 0.3) is 0 Å². The molecule has 0 radical (unpaired) electrons. The van der Waals surface area contributed by atoms with E-state index in [0.29, 0.717) is 22.5 Å². The third-order valence-corrected chi connectivity index (χ3v) is 3.80. The van der Waals surface area contributed by atoms with E-state index in [1.165, 1.54) is 12.3 Å². The number of urea groups is 1. The van der Waals surface area contributed by atoms with Crippen molar-refractivity contribution in [2.45, 2.75) is 0 Å². The van der Waals surface area contributed by atoms with Crippen LogP contribution in [0.2, 0.25) is 0 Å². The molecule has 4 aromatic rings. The molecule has 0 bridgehead atoms. The normalized spacial score (nSPS) is 10.0. The Hall–Kier alpha value is -4.23. The summed E-state index contributed by atoms with van der Waals surface area (Å²) >= 11 is 0. The fourth-order valence-corrected chi connectivity index (χ4v) is 2.46. The van der Waals surface area contributed by atoms with Crippen LogP contribution in [0.5, 0.6) is 5.75 Å². The van der Waals surface area contributed by atoms with Crippen molar-refractivity contribution in [2.75, 3.05) is 10.6 Å². The Bertz CT molecular complexity index is 1200. The van der Waals surface area contributed by atoms with Gasteiger partial charge in [-0.3, -0.25) is 10.4 Å². The zero-order valence-electron chi connectivity index (χ0n) is 14.6. The van der Waals surface area contributed by atoms with Crippen molar-refractivity contribution in [2.24, 2.45) is 0 Å². The highest BCUT2D eigenvalue weighted by molar-refractivity contribution is 6.03. The standard InChI is InChI=1S/C18H12N8O2.ClH/c19-7-11-3-4-12(8-20-11)22-18(28)24-17-15-16(25-26-17)21-9-14(23-15)10-1-5-13(27)6-2-10;/h1-6,8-9,27H,(H3,21,22,24,25,26,28);1H. The van der Waals surface area contributed by atoms with Gasteiger partial charge in [0.2, 0.25) is 5.65 Å². The van der Waals surface area contributed by atoms with E-state index in [9.17, 15) is 9.90 Å². The van der Waals surface area contributed by atoms with Gasteiger partial charge in [-0.25, -0.2) is 19.7 Å². The Morgan fingerprint density at radius 3 is 2.55 bits per heavy atom. The van der Waals surface area contributed by atoms with E-state index in [0.717, 1.165) is 5.56 Å². The lowest BCUT2D eigenvalue weighted by Gasteiger charge is -2.06. The molecular formula is C18H13ClN8O2. The van der Waals surface area contributed by atoms with E-state index in [1.807, 2.05) is 6.07 Å². The monoisotopic (exact) mass is 408 g/mol. The lowest BCUT2D eigenvalue weighted by molar-refractivity contribution is 0.262. The minimum absolute atomic E-state index is 0. The second-order valence-electron chi connectivity index (χ2n) is 5.70. The average Bonchev–Trinajstić information content (AvgIpc) is 3.11. The fourth-order valence-electron chi connectivity index (χ4n) is 2.46. The molecule has 144 valence electrons. The van der Waals surface area contributed by atoms with E-state index in [1.54, 1.807) is 36.5 Å². The Labute approximate surface area is 170 Å². The molecule has 4 rings (SSSR count). The zero-order valence-corrected chi connectivity index (χ0v) is 15.4. The number of carbonyl (C=O) groups is 1.